The Kier molecular flexibility index (Phi) is 4.41. The summed E-state index contributed by atoms with van der Waals surface area (Å²) in [6.45, 7) is 1.20. The van der Waals surface area contributed by atoms with Gasteiger partial charge in [-0.05, 0) is 68.2 Å². The summed E-state index contributed by atoms with van der Waals surface area (Å²) < 4.78 is 5.21. The molecule has 2 heteroatoms. The van der Waals surface area contributed by atoms with Crippen LogP contribution in [-0.2, 0) is 0 Å². The Morgan fingerprint density at radius 1 is 1.15 bits per heavy atom. The first-order valence-electron chi connectivity index (χ1n) is 7.87. The second kappa shape index (κ2) is 6.45. The molecule has 0 aromatic heterocycles. The molecule has 1 N–H and O–H groups in total. The molecule has 0 aliphatic heterocycles. The number of benzene rings is 1. The van der Waals surface area contributed by atoms with E-state index >= 15 is 0 Å². The summed E-state index contributed by atoms with van der Waals surface area (Å²) in [6.07, 6.45) is 11.1. The van der Waals surface area contributed by atoms with Gasteiger partial charge in [0.1, 0.15) is 5.75 Å². The molecule has 1 saturated carbocycles. The number of hydrogen-bond donors (Lipinski definition) is 1. The third-order valence-electron chi connectivity index (χ3n) is 4.80. The molecule has 2 nitrogen and oxygen atoms in total. The van der Waals surface area contributed by atoms with Crippen molar-refractivity contribution in [1.82, 2.24) is 5.32 Å². The van der Waals surface area contributed by atoms with Gasteiger partial charge in [0, 0.05) is 6.04 Å². The smallest absolute Gasteiger partial charge is 0.118 e. The number of nitrogens with one attached hydrogen (secondary N) is 1. The van der Waals surface area contributed by atoms with E-state index in [9.17, 15) is 0 Å². The largest absolute Gasteiger partial charge is 0.497 e. The van der Waals surface area contributed by atoms with Crippen LogP contribution in [0.25, 0.3) is 0 Å². The van der Waals surface area contributed by atoms with Crippen LogP contribution in [0.1, 0.15) is 43.6 Å². The van der Waals surface area contributed by atoms with E-state index in [4.69, 9.17) is 4.74 Å². The van der Waals surface area contributed by atoms with E-state index in [2.05, 4.69) is 41.7 Å². The minimum atomic E-state index is 0.730. The molecule has 0 amide bonds. The van der Waals surface area contributed by atoms with Crippen molar-refractivity contribution in [3.63, 3.8) is 0 Å². The van der Waals surface area contributed by atoms with E-state index in [0.717, 1.165) is 23.6 Å². The van der Waals surface area contributed by atoms with Crippen LogP contribution in [-0.4, -0.2) is 19.7 Å². The SMILES string of the molecule is COc1ccc(C2CC(NCC3CC=CCC3)C2)cc1. The summed E-state index contributed by atoms with van der Waals surface area (Å²) in [6, 6.07) is 9.31. The van der Waals surface area contributed by atoms with Crippen molar-refractivity contribution in [1.29, 1.82) is 0 Å². The minimum Gasteiger partial charge on any atom is -0.497 e. The van der Waals surface area contributed by atoms with Gasteiger partial charge in [-0.1, -0.05) is 24.3 Å². The van der Waals surface area contributed by atoms with Crippen molar-refractivity contribution >= 4 is 0 Å². The molecule has 1 fully saturated rings. The molecule has 2 aliphatic rings. The number of rotatable bonds is 5. The number of ether oxygens (including phenoxy) is 1. The lowest BCUT2D eigenvalue weighted by Gasteiger charge is -2.37. The van der Waals surface area contributed by atoms with Gasteiger partial charge in [0.15, 0.2) is 0 Å². The molecule has 0 bridgehead atoms. The highest BCUT2D eigenvalue weighted by molar-refractivity contribution is 5.30. The van der Waals surface area contributed by atoms with Crippen molar-refractivity contribution < 1.29 is 4.74 Å². The van der Waals surface area contributed by atoms with Gasteiger partial charge in [0.25, 0.3) is 0 Å². The highest BCUT2D eigenvalue weighted by atomic mass is 16.5. The Morgan fingerprint density at radius 2 is 1.95 bits per heavy atom. The maximum absolute atomic E-state index is 5.21. The van der Waals surface area contributed by atoms with Crippen molar-refractivity contribution in [2.24, 2.45) is 5.92 Å². The zero-order chi connectivity index (χ0) is 13.8. The maximum atomic E-state index is 5.21. The highest BCUT2D eigenvalue weighted by Crippen LogP contribution is 2.37. The van der Waals surface area contributed by atoms with E-state index in [1.54, 1.807) is 7.11 Å². The molecule has 1 unspecified atom stereocenters. The van der Waals surface area contributed by atoms with Gasteiger partial charge in [-0.15, -0.1) is 0 Å². The normalized spacial score (nSPS) is 28.9. The van der Waals surface area contributed by atoms with Gasteiger partial charge in [-0.25, -0.2) is 0 Å². The lowest BCUT2D eigenvalue weighted by Crippen LogP contribution is -2.42. The third kappa shape index (κ3) is 3.24. The van der Waals surface area contributed by atoms with Gasteiger partial charge in [-0.2, -0.15) is 0 Å². The van der Waals surface area contributed by atoms with Gasteiger partial charge in [0.05, 0.1) is 7.11 Å². The third-order valence-corrected chi connectivity index (χ3v) is 4.80. The molecule has 3 rings (SSSR count). The van der Waals surface area contributed by atoms with E-state index in [1.165, 1.54) is 44.2 Å². The Labute approximate surface area is 122 Å². The fraction of sp³-hybridized carbons (Fsp3) is 0.556. The molecular weight excluding hydrogens is 246 g/mol. The summed E-state index contributed by atoms with van der Waals surface area (Å²) in [4.78, 5) is 0. The molecule has 1 aromatic carbocycles. The van der Waals surface area contributed by atoms with Crippen LogP contribution in [0, 0.1) is 5.92 Å². The molecule has 0 heterocycles. The van der Waals surface area contributed by atoms with Crippen LogP contribution in [0.2, 0.25) is 0 Å². The van der Waals surface area contributed by atoms with Crippen molar-refractivity contribution in [2.75, 3.05) is 13.7 Å². The standard InChI is InChI=1S/C18H25NO/c1-20-18-9-7-15(8-10-18)16-11-17(12-16)19-13-14-5-3-2-4-6-14/h2-3,7-10,14,16-17,19H,4-6,11-13H2,1H3. The molecule has 0 radical (unpaired) electrons. The molecule has 0 spiro atoms. The summed E-state index contributed by atoms with van der Waals surface area (Å²) in [5.74, 6) is 2.55. The zero-order valence-electron chi connectivity index (χ0n) is 12.3. The van der Waals surface area contributed by atoms with E-state index in [1.807, 2.05) is 0 Å². The lowest BCUT2D eigenvalue weighted by atomic mass is 9.75. The van der Waals surface area contributed by atoms with Crippen LogP contribution < -0.4 is 10.1 Å². The van der Waals surface area contributed by atoms with Gasteiger partial charge in [0.2, 0.25) is 0 Å². The first-order valence-corrected chi connectivity index (χ1v) is 7.87. The predicted octanol–water partition coefficient (Wildman–Crippen LogP) is 3.89. The average Bonchev–Trinajstić information content (AvgIpc) is 2.47. The molecule has 1 atom stereocenters. The Balaban J connectivity index is 1.40. The maximum Gasteiger partial charge on any atom is 0.118 e. The number of hydrogen-bond acceptors (Lipinski definition) is 2. The first kappa shape index (κ1) is 13.7. The average molecular weight is 271 g/mol. The Morgan fingerprint density at radius 3 is 2.60 bits per heavy atom. The van der Waals surface area contributed by atoms with E-state index in [-0.39, 0.29) is 0 Å². The van der Waals surface area contributed by atoms with Gasteiger partial charge in [-0.3, -0.25) is 0 Å². The predicted molar refractivity (Wildman–Crippen MR) is 83.2 cm³/mol. The highest BCUT2D eigenvalue weighted by Gasteiger charge is 2.30. The van der Waals surface area contributed by atoms with Crippen molar-refractivity contribution in [3.05, 3.63) is 42.0 Å². The second-order valence-corrected chi connectivity index (χ2v) is 6.20. The number of allylic oxidation sites excluding steroid dienone is 2. The van der Waals surface area contributed by atoms with Crippen LogP contribution in [0.15, 0.2) is 36.4 Å². The molecule has 1 aromatic rings. The Hall–Kier alpha value is -1.28. The van der Waals surface area contributed by atoms with E-state index < -0.39 is 0 Å². The summed E-state index contributed by atoms with van der Waals surface area (Å²) in [7, 11) is 1.72. The van der Waals surface area contributed by atoms with Crippen molar-refractivity contribution in [3.8, 4) is 5.75 Å². The summed E-state index contributed by atoms with van der Waals surface area (Å²) in [5, 5.41) is 3.75. The quantitative estimate of drug-likeness (QED) is 0.820. The number of methoxy groups -OCH3 is 1. The van der Waals surface area contributed by atoms with Crippen molar-refractivity contribution in [2.45, 2.75) is 44.1 Å². The van der Waals surface area contributed by atoms with E-state index in [0.29, 0.717) is 0 Å². The second-order valence-electron chi connectivity index (χ2n) is 6.20. The molecule has 2 aliphatic carbocycles. The van der Waals surface area contributed by atoms with Gasteiger partial charge >= 0.3 is 0 Å². The van der Waals surface area contributed by atoms with Crippen LogP contribution in [0.4, 0.5) is 0 Å². The monoisotopic (exact) mass is 271 g/mol. The zero-order valence-corrected chi connectivity index (χ0v) is 12.3. The molecular formula is C18H25NO. The van der Waals surface area contributed by atoms with Crippen LogP contribution in [0.5, 0.6) is 5.75 Å². The van der Waals surface area contributed by atoms with Gasteiger partial charge < -0.3 is 10.1 Å². The molecule has 20 heavy (non-hydrogen) atoms. The Bertz CT molecular complexity index is 445. The summed E-state index contributed by atoms with van der Waals surface area (Å²) in [5.41, 5.74) is 1.46. The first-order chi connectivity index (χ1) is 9.85. The topological polar surface area (TPSA) is 21.3 Å². The fourth-order valence-electron chi connectivity index (χ4n) is 3.31. The van der Waals surface area contributed by atoms with Crippen LogP contribution >= 0.6 is 0 Å². The fourth-order valence-corrected chi connectivity index (χ4v) is 3.31. The minimum absolute atomic E-state index is 0.730. The lowest BCUT2D eigenvalue weighted by molar-refractivity contribution is 0.271. The summed E-state index contributed by atoms with van der Waals surface area (Å²) >= 11 is 0. The molecule has 108 valence electrons. The molecule has 0 saturated heterocycles. The van der Waals surface area contributed by atoms with Crippen LogP contribution in [0.3, 0.4) is 0 Å².